The van der Waals surface area contributed by atoms with Gasteiger partial charge in [0.25, 0.3) is 0 Å². The van der Waals surface area contributed by atoms with Crippen LogP contribution in [0, 0.1) is 6.92 Å². The predicted molar refractivity (Wildman–Crippen MR) is 74.6 cm³/mol. The molecule has 88 valence electrons. The Morgan fingerprint density at radius 1 is 1.29 bits per heavy atom. The first-order chi connectivity index (χ1) is 8.20. The van der Waals surface area contributed by atoms with Crippen LogP contribution in [0.5, 0.6) is 0 Å². The molecule has 0 aliphatic heterocycles. The molecule has 1 aromatic carbocycles. The third kappa shape index (κ3) is 2.98. The van der Waals surface area contributed by atoms with E-state index in [4.69, 9.17) is 0 Å². The van der Waals surface area contributed by atoms with Crippen molar-refractivity contribution < 1.29 is 0 Å². The highest BCUT2D eigenvalue weighted by Crippen LogP contribution is 2.31. The molecule has 1 heterocycles. The average Bonchev–Trinajstić information content (AvgIpc) is 2.32. The van der Waals surface area contributed by atoms with Gasteiger partial charge in [-0.3, -0.25) is 0 Å². The zero-order valence-corrected chi connectivity index (χ0v) is 12.0. The van der Waals surface area contributed by atoms with E-state index >= 15 is 0 Å². The van der Waals surface area contributed by atoms with Gasteiger partial charge in [-0.2, -0.15) is 0 Å². The summed E-state index contributed by atoms with van der Waals surface area (Å²) in [7, 11) is 1.86. The van der Waals surface area contributed by atoms with E-state index in [1.54, 1.807) is 18.1 Å². The molecule has 0 atom stereocenters. The summed E-state index contributed by atoms with van der Waals surface area (Å²) in [5, 5.41) is 4.03. The van der Waals surface area contributed by atoms with Crippen molar-refractivity contribution in [2.75, 3.05) is 12.4 Å². The Morgan fingerprint density at radius 3 is 2.82 bits per heavy atom. The predicted octanol–water partition coefficient (Wildman–Crippen LogP) is 3.74. The van der Waals surface area contributed by atoms with Crippen molar-refractivity contribution in [3.8, 4) is 0 Å². The molecular weight excluding hydrogens is 298 g/mol. The zero-order chi connectivity index (χ0) is 12.3. The van der Waals surface area contributed by atoms with Crippen molar-refractivity contribution in [2.24, 2.45) is 0 Å². The van der Waals surface area contributed by atoms with Gasteiger partial charge in [0.15, 0.2) is 0 Å². The quantitative estimate of drug-likeness (QED) is 0.877. The minimum atomic E-state index is 0.873. The molecule has 0 aliphatic rings. The topological polar surface area (TPSA) is 37.8 Å². The van der Waals surface area contributed by atoms with E-state index in [2.05, 4.69) is 43.3 Å². The standard InChI is InChI=1S/C12H12BrN3S/c1-8-11(14-2)15-7-16-12(8)17-10-5-3-4-9(13)6-10/h3-7H,1-2H3,(H,14,15,16). The summed E-state index contributed by atoms with van der Waals surface area (Å²) in [6, 6.07) is 8.17. The molecule has 5 heteroatoms. The number of nitrogens with one attached hydrogen (secondary N) is 1. The van der Waals surface area contributed by atoms with E-state index < -0.39 is 0 Å². The number of benzene rings is 1. The summed E-state index contributed by atoms with van der Waals surface area (Å²) < 4.78 is 1.07. The number of hydrogen-bond donors (Lipinski definition) is 1. The van der Waals surface area contributed by atoms with Crippen LogP contribution in [-0.2, 0) is 0 Å². The number of halogens is 1. The Labute approximate surface area is 113 Å². The van der Waals surface area contributed by atoms with E-state index in [9.17, 15) is 0 Å². The van der Waals surface area contributed by atoms with Crippen LogP contribution in [0.2, 0.25) is 0 Å². The maximum Gasteiger partial charge on any atom is 0.133 e. The van der Waals surface area contributed by atoms with E-state index in [1.165, 1.54) is 0 Å². The fourth-order valence-corrected chi connectivity index (χ4v) is 2.89. The number of rotatable bonds is 3. The molecule has 0 saturated carbocycles. The van der Waals surface area contributed by atoms with Gasteiger partial charge in [0.1, 0.15) is 17.2 Å². The highest BCUT2D eigenvalue weighted by molar-refractivity contribution is 9.10. The number of hydrogen-bond acceptors (Lipinski definition) is 4. The molecule has 17 heavy (non-hydrogen) atoms. The maximum absolute atomic E-state index is 4.31. The first kappa shape index (κ1) is 12.4. The van der Waals surface area contributed by atoms with Gasteiger partial charge in [-0.15, -0.1) is 0 Å². The molecule has 3 nitrogen and oxygen atoms in total. The van der Waals surface area contributed by atoms with Crippen molar-refractivity contribution in [2.45, 2.75) is 16.8 Å². The van der Waals surface area contributed by atoms with Crippen molar-refractivity contribution >= 4 is 33.5 Å². The van der Waals surface area contributed by atoms with Crippen molar-refractivity contribution in [3.05, 3.63) is 40.6 Å². The minimum absolute atomic E-state index is 0.873. The largest absolute Gasteiger partial charge is 0.373 e. The normalized spacial score (nSPS) is 10.3. The lowest BCUT2D eigenvalue weighted by Gasteiger charge is -2.08. The van der Waals surface area contributed by atoms with Gasteiger partial charge in [0.2, 0.25) is 0 Å². The highest BCUT2D eigenvalue weighted by Gasteiger charge is 2.07. The first-order valence-corrected chi connectivity index (χ1v) is 6.74. The Kier molecular flexibility index (Phi) is 4.02. The van der Waals surface area contributed by atoms with Crippen LogP contribution in [0.4, 0.5) is 5.82 Å². The lowest BCUT2D eigenvalue weighted by Crippen LogP contribution is -1.98. The average molecular weight is 310 g/mol. The van der Waals surface area contributed by atoms with Gasteiger partial charge in [-0.05, 0) is 25.1 Å². The highest BCUT2D eigenvalue weighted by atomic mass is 79.9. The van der Waals surface area contributed by atoms with E-state index in [-0.39, 0.29) is 0 Å². The zero-order valence-electron chi connectivity index (χ0n) is 9.57. The molecule has 1 aromatic heterocycles. The van der Waals surface area contributed by atoms with Crippen LogP contribution in [0.15, 0.2) is 45.0 Å². The SMILES string of the molecule is CNc1ncnc(Sc2cccc(Br)c2)c1C. The maximum atomic E-state index is 4.31. The van der Waals surface area contributed by atoms with Crippen molar-refractivity contribution in [1.29, 1.82) is 0 Å². The molecule has 0 spiro atoms. The van der Waals surface area contributed by atoms with E-state index in [0.717, 1.165) is 25.8 Å². The van der Waals surface area contributed by atoms with Crippen LogP contribution >= 0.6 is 27.7 Å². The van der Waals surface area contributed by atoms with Gasteiger partial charge < -0.3 is 5.32 Å². The van der Waals surface area contributed by atoms with Crippen molar-refractivity contribution in [3.63, 3.8) is 0 Å². The summed E-state index contributed by atoms with van der Waals surface area (Å²) in [6.45, 7) is 2.02. The molecule has 0 unspecified atom stereocenters. The Hall–Kier alpha value is -1.07. The third-order valence-electron chi connectivity index (χ3n) is 2.29. The first-order valence-electron chi connectivity index (χ1n) is 5.13. The molecule has 0 saturated heterocycles. The Morgan fingerprint density at radius 2 is 2.12 bits per heavy atom. The van der Waals surface area contributed by atoms with Crippen LogP contribution in [0.1, 0.15) is 5.56 Å². The summed E-state index contributed by atoms with van der Waals surface area (Å²) in [4.78, 5) is 9.64. The molecular formula is C12H12BrN3S. The fraction of sp³-hybridized carbons (Fsp3) is 0.167. The summed E-state index contributed by atoms with van der Waals surface area (Å²) in [5.74, 6) is 0.873. The molecule has 0 amide bonds. The van der Waals surface area contributed by atoms with Crippen molar-refractivity contribution in [1.82, 2.24) is 9.97 Å². The van der Waals surface area contributed by atoms with Crippen LogP contribution in [0.3, 0.4) is 0 Å². The summed E-state index contributed by atoms with van der Waals surface area (Å²) >= 11 is 5.10. The number of anilines is 1. The fourth-order valence-electron chi connectivity index (χ4n) is 1.43. The molecule has 2 rings (SSSR count). The molecule has 1 N–H and O–H groups in total. The van der Waals surface area contributed by atoms with E-state index in [1.807, 2.05) is 26.1 Å². The van der Waals surface area contributed by atoms with Gasteiger partial charge in [0, 0.05) is 22.0 Å². The van der Waals surface area contributed by atoms with Gasteiger partial charge in [-0.1, -0.05) is 33.8 Å². The second-order valence-electron chi connectivity index (χ2n) is 3.46. The minimum Gasteiger partial charge on any atom is -0.373 e. The second-order valence-corrected chi connectivity index (χ2v) is 5.44. The second kappa shape index (κ2) is 5.51. The lowest BCUT2D eigenvalue weighted by atomic mass is 10.3. The monoisotopic (exact) mass is 309 g/mol. The third-order valence-corrected chi connectivity index (χ3v) is 3.87. The molecule has 0 fully saturated rings. The number of nitrogens with zero attached hydrogens (tertiary/aromatic N) is 2. The van der Waals surface area contributed by atoms with Crippen LogP contribution in [0.25, 0.3) is 0 Å². The Bertz CT molecular complexity index is 531. The molecule has 0 radical (unpaired) electrons. The smallest absolute Gasteiger partial charge is 0.133 e. The van der Waals surface area contributed by atoms with Gasteiger partial charge in [0.05, 0.1) is 0 Å². The molecule has 0 bridgehead atoms. The van der Waals surface area contributed by atoms with Gasteiger partial charge >= 0.3 is 0 Å². The summed E-state index contributed by atoms with van der Waals surface area (Å²) in [5.41, 5.74) is 1.07. The Balaban J connectivity index is 2.30. The van der Waals surface area contributed by atoms with Crippen LogP contribution in [-0.4, -0.2) is 17.0 Å². The molecule has 0 aliphatic carbocycles. The van der Waals surface area contributed by atoms with Gasteiger partial charge in [-0.25, -0.2) is 9.97 Å². The molecule has 2 aromatic rings. The van der Waals surface area contributed by atoms with Crippen LogP contribution < -0.4 is 5.32 Å². The van der Waals surface area contributed by atoms with E-state index in [0.29, 0.717) is 0 Å². The summed E-state index contributed by atoms with van der Waals surface area (Å²) in [6.07, 6.45) is 1.58. The lowest BCUT2D eigenvalue weighted by molar-refractivity contribution is 1.00. The number of aromatic nitrogens is 2.